The molecule has 1 aliphatic heterocycles. The van der Waals surface area contributed by atoms with E-state index < -0.39 is 0 Å². The molecule has 0 saturated carbocycles. The third-order valence-corrected chi connectivity index (χ3v) is 4.13. The Morgan fingerprint density at radius 3 is 1.14 bits per heavy atom. The Kier molecular flexibility index (Phi) is 14.7. The highest BCUT2D eigenvalue weighted by Gasteiger charge is 2.14. The zero-order chi connectivity index (χ0) is 20.5. The molecule has 0 aliphatic carbocycles. The summed E-state index contributed by atoms with van der Waals surface area (Å²) in [5.41, 5.74) is 0. The summed E-state index contributed by atoms with van der Waals surface area (Å²) in [6.07, 6.45) is 0. The maximum Gasteiger partial charge on any atom is 0.236 e. The molecule has 1 rings (SSSR count). The van der Waals surface area contributed by atoms with Gasteiger partial charge in [0.1, 0.15) is 0 Å². The number of amides is 2. The number of carbonyl (C=O) groups is 2. The van der Waals surface area contributed by atoms with Crippen molar-refractivity contribution in [2.24, 2.45) is 0 Å². The van der Waals surface area contributed by atoms with Crippen LogP contribution in [0.25, 0.3) is 0 Å². The van der Waals surface area contributed by atoms with Gasteiger partial charge in [-0.05, 0) is 14.1 Å². The first-order valence-corrected chi connectivity index (χ1v) is 9.84. The number of ether oxygens (including phenoxy) is 4. The quantitative estimate of drug-likeness (QED) is 0.564. The predicted octanol–water partition coefficient (Wildman–Crippen LogP) is -1.84. The summed E-state index contributed by atoms with van der Waals surface area (Å²) in [6, 6.07) is 0. The van der Waals surface area contributed by atoms with Crippen LogP contribution in [-0.2, 0) is 28.5 Å². The van der Waals surface area contributed by atoms with E-state index in [1.165, 1.54) is 0 Å². The van der Waals surface area contributed by atoms with Gasteiger partial charge < -0.3 is 39.4 Å². The molecule has 0 aromatic rings. The Balaban J connectivity index is 2.45. The van der Waals surface area contributed by atoms with Gasteiger partial charge in [0.05, 0.1) is 65.9 Å². The molecule has 0 radical (unpaired) electrons. The molecule has 0 spiro atoms. The van der Waals surface area contributed by atoms with Crippen LogP contribution >= 0.6 is 0 Å². The van der Waals surface area contributed by atoms with E-state index in [1.54, 1.807) is 23.9 Å². The fraction of sp³-hybridized carbons (Fsp3) is 0.889. The van der Waals surface area contributed by atoms with Gasteiger partial charge >= 0.3 is 0 Å². The normalized spacial score (nSPS) is 19.6. The minimum Gasteiger partial charge on any atom is -0.377 e. The number of hydrogen-bond acceptors (Lipinski definition) is 8. The van der Waals surface area contributed by atoms with Gasteiger partial charge in [-0.3, -0.25) is 9.59 Å². The molecule has 2 N–H and O–H groups in total. The molecule has 0 atom stereocenters. The summed E-state index contributed by atoms with van der Waals surface area (Å²) in [5.74, 6) is 0.0332. The van der Waals surface area contributed by atoms with E-state index in [0.717, 1.165) is 0 Å². The van der Waals surface area contributed by atoms with Crippen molar-refractivity contribution >= 4 is 11.8 Å². The van der Waals surface area contributed by atoms with Crippen LogP contribution in [-0.4, -0.2) is 128 Å². The maximum atomic E-state index is 12.1. The first kappa shape index (κ1) is 24.7. The van der Waals surface area contributed by atoms with Gasteiger partial charge in [0.15, 0.2) is 0 Å². The van der Waals surface area contributed by atoms with Gasteiger partial charge in [0, 0.05) is 26.2 Å². The molecule has 0 aromatic carbocycles. The van der Waals surface area contributed by atoms with Crippen LogP contribution in [0.3, 0.4) is 0 Å². The van der Waals surface area contributed by atoms with Crippen LogP contribution in [0.5, 0.6) is 0 Å². The zero-order valence-electron chi connectivity index (χ0n) is 17.2. The minimum atomic E-state index is 0.0166. The second kappa shape index (κ2) is 16.6. The Morgan fingerprint density at radius 2 is 0.893 bits per heavy atom. The summed E-state index contributed by atoms with van der Waals surface area (Å²) < 4.78 is 22.2. The molecule has 0 unspecified atom stereocenters. The van der Waals surface area contributed by atoms with E-state index in [9.17, 15) is 9.59 Å². The molecule has 1 fully saturated rings. The fourth-order valence-electron chi connectivity index (χ4n) is 2.59. The van der Waals surface area contributed by atoms with E-state index in [0.29, 0.717) is 79.0 Å². The van der Waals surface area contributed by atoms with Gasteiger partial charge in [0.25, 0.3) is 0 Å². The second-order valence-electron chi connectivity index (χ2n) is 6.27. The van der Waals surface area contributed by atoms with Gasteiger partial charge in [-0.15, -0.1) is 0 Å². The molecule has 10 heteroatoms. The molecule has 28 heavy (non-hydrogen) atoms. The summed E-state index contributed by atoms with van der Waals surface area (Å²) >= 11 is 0. The summed E-state index contributed by atoms with van der Waals surface area (Å²) in [5, 5.41) is 5.74. The molecule has 1 heterocycles. The van der Waals surface area contributed by atoms with Crippen molar-refractivity contribution in [2.45, 2.75) is 0 Å². The van der Waals surface area contributed by atoms with E-state index >= 15 is 0 Å². The van der Waals surface area contributed by atoms with Crippen LogP contribution in [0.4, 0.5) is 0 Å². The summed E-state index contributed by atoms with van der Waals surface area (Å²) in [4.78, 5) is 27.7. The monoisotopic (exact) mass is 404 g/mol. The van der Waals surface area contributed by atoms with Crippen LogP contribution < -0.4 is 10.6 Å². The van der Waals surface area contributed by atoms with Crippen LogP contribution in [0, 0.1) is 0 Å². The van der Waals surface area contributed by atoms with E-state index in [4.69, 9.17) is 18.9 Å². The van der Waals surface area contributed by atoms with E-state index in [2.05, 4.69) is 10.6 Å². The number of nitrogens with zero attached hydrogens (tertiary/aromatic N) is 2. The van der Waals surface area contributed by atoms with Gasteiger partial charge in [-0.25, -0.2) is 0 Å². The topological polar surface area (TPSA) is 102 Å². The zero-order valence-corrected chi connectivity index (χ0v) is 17.2. The number of likely N-dealkylation sites (N-methyl/N-ethyl adjacent to an activating group) is 2. The Labute approximate surface area is 167 Å². The fourth-order valence-corrected chi connectivity index (χ4v) is 2.59. The summed E-state index contributed by atoms with van der Waals surface area (Å²) in [7, 11) is 3.49. The SMILES string of the molecule is CNCC(=O)N1CCOCCOCCN(C(=O)CNC)CCOCCOCC1. The van der Waals surface area contributed by atoms with Crippen molar-refractivity contribution in [2.75, 3.05) is 106 Å². The van der Waals surface area contributed by atoms with E-state index in [1.807, 2.05) is 0 Å². The number of carbonyl (C=O) groups excluding carboxylic acids is 2. The minimum absolute atomic E-state index is 0.0166. The predicted molar refractivity (Wildman–Crippen MR) is 104 cm³/mol. The van der Waals surface area contributed by atoms with Crippen LogP contribution in [0.1, 0.15) is 0 Å². The molecular formula is C18H36N4O6. The lowest BCUT2D eigenvalue weighted by Crippen LogP contribution is -2.42. The average Bonchev–Trinajstić information content (AvgIpc) is 2.68. The molecule has 2 amide bonds. The highest BCUT2D eigenvalue weighted by Crippen LogP contribution is 1.95. The van der Waals surface area contributed by atoms with Crippen molar-refractivity contribution in [3.63, 3.8) is 0 Å². The molecule has 1 aliphatic rings. The highest BCUT2D eigenvalue weighted by atomic mass is 16.5. The Hall–Kier alpha value is -1.30. The van der Waals surface area contributed by atoms with Crippen molar-refractivity contribution in [1.82, 2.24) is 20.4 Å². The maximum absolute atomic E-state index is 12.1. The third kappa shape index (κ3) is 11.5. The lowest BCUT2D eigenvalue weighted by molar-refractivity contribution is -0.133. The van der Waals surface area contributed by atoms with Crippen molar-refractivity contribution in [3.8, 4) is 0 Å². The first-order valence-electron chi connectivity index (χ1n) is 9.84. The Bertz CT molecular complexity index is 369. The van der Waals surface area contributed by atoms with Gasteiger partial charge in [-0.2, -0.15) is 0 Å². The van der Waals surface area contributed by atoms with Gasteiger partial charge in [0.2, 0.25) is 11.8 Å². The molecule has 164 valence electrons. The Morgan fingerprint density at radius 1 is 0.607 bits per heavy atom. The second-order valence-corrected chi connectivity index (χ2v) is 6.27. The van der Waals surface area contributed by atoms with Crippen molar-refractivity contribution in [3.05, 3.63) is 0 Å². The number of rotatable bonds is 4. The van der Waals surface area contributed by atoms with E-state index in [-0.39, 0.29) is 24.9 Å². The molecule has 1 saturated heterocycles. The number of hydrogen-bond donors (Lipinski definition) is 2. The first-order chi connectivity index (χ1) is 13.7. The molecule has 10 nitrogen and oxygen atoms in total. The highest BCUT2D eigenvalue weighted by molar-refractivity contribution is 5.78. The lowest BCUT2D eigenvalue weighted by atomic mass is 10.4. The molecule has 0 aromatic heterocycles. The average molecular weight is 405 g/mol. The molecule has 0 bridgehead atoms. The lowest BCUT2D eigenvalue weighted by Gasteiger charge is -2.24. The van der Waals surface area contributed by atoms with Crippen LogP contribution in [0.15, 0.2) is 0 Å². The largest absolute Gasteiger partial charge is 0.377 e. The van der Waals surface area contributed by atoms with Crippen molar-refractivity contribution < 1.29 is 28.5 Å². The third-order valence-electron chi connectivity index (χ3n) is 4.13. The smallest absolute Gasteiger partial charge is 0.236 e. The van der Waals surface area contributed by atoms with Crippen molar-refractivity contribution in [1.29, 1.82) is 0 Å². The standard InChI is InChI=1S/C18H36N4O6/c1-19-15-17(23)21-3-7-25-11-13-27-9-5-22(18(24)16-20-2)6-10-28-14-12-26-8-4-21/h19-20H,3-16H2,1-2H3. The summed E-state index contributed by atoms with van der Waals surface area (Å²) in [6.45, 7) is 6.13. The number of nitrogens with one attached hydrogen (secondary N) is 2. The van der Waals surface area contributed by atoms with Gasteiger partial charge in [-0.1, -0.05) is 0 Å². The molecular weight excluding hydrogens is 368 g/mol. The van der Waals surface area contributed by atoms with Crippen LogP contribution in [0.2, 0.25) is 0 Å².